The van der Waals surface area contributed by atoms with E-state index in [2.05, 4.69) is 0 Å². The molecular weight excluding hydrogens is 280 g/mol. The van der Waals surface area contributed by atoms with Gasteiger partial charge in [0.2, 0.25) is 12.1 Å². The largest absolute Gasteiger partial charge is 0.413 e. The second kappa shape index (κ2) is 7.79. The summed E-state index contributed by atoms with van der Waals surface area (Å²) in [7, 11) is 0. The van der Waals surface area contributed by atoms with Crippen LogP contribution in [0.4, 0.5) is 0 Å². The fourth-order valence-electron chi connectivity index (χ4n) is 3.44. The quantitative estimate of drug-likeness (QED) is 0.362. The first-order valence-corrected chi connectivity index (χ1v) is 8.19. The van der Waals surface area contributed by atoms with Crippen LogP contribution in [0.5, 0.6) is 0 Å². The Morgan fingerprint density at radius 1 is 0.682 bits per heavy atom. The van der Waals surface area contributed by atoms with Gasteiger partial charge in [-0.2, -0.15) is 10.5 Å². The Bertz CT molecular complexity index is 491. The minimum absolute atomic E-state index is 0.137. The highest BCUT2D eigenvalue weighted by Gasteiger charge is 2.39. The number of hydroxylamine groups is 2. The van der Waals surface area contributed by atoms with Crippen molar-refractivity contribution in [2.24, 2.45) is 0 Å². The summed E-state index contributed by atoms with van der Waals surface area (Å²) in [4.78, 5) is 0. The summed E-state index contributed by atoms with van der Waals surface area (Å²) in [5, 5.41) is 39.4. The van der Waals surface area contributed by atoms with Crippen LogP contribution in [-0.4, -0.2) is 43.4 Å². The fraction of sp³-hybridized carbons (Fsp3) is 0.750. The van der Waals surface area contributed by atoms with E-state index >= 15 is 0 Å². The van der Waals surface area contributed by atoms with Gasteiger partial charge < -0.3 is 0 Å². The van der Waals surface area contributed by atoms with Gasteiger partial charge in [0.15, 0.2) is 12.1 Å². The fourth-order valence-corrected chi connectivity index (χ4v) is 3.44. The second-order valence-corrected chi connectivity index (χ2v) is 6.19. The summed E-state index contributed by atoms with van der Waals surface area (Å²) in [6, 6.07) is 3.51. The zero-order valence-corrected chi connectivity index (χ0v) is 12.9. The summed E-state index contributed by atoms with van der Waals surface area (Å²) in [5.41, 5.74) is -0.273. The van der Waals surface area contributed by atoms with Gasteiger partial charge in [-0.05, 0) is 25.7 Å². The molecule has 0 saturated heterocycles. The molecule has 118 valence electrons. The maximum Gasteiger partial charge on any atom is 0.413 e. The van der Waals surface area contributed by atoms with Crippen LogP contribution in [0.15, 0.2) is 0 Å². The van der Waals surface area contributed by atoms with Crippen LogP contribution in [0.1, 0.15) is 64.2 Å². The minimum atomic E-state index is -0.147. The van der Waals surface area contributed by atoms with Crippen LogP contribution in [0, 0.1) is 22.7 Å². The molecule has 2 saturated carbocycles. The highest BCUT2D eigenvalue weighted by Crippen LogP contribution is 2.21. The molecule has 2 rings (SSSR count). The van der Waals surface area contributed by atoms with Gasteiger partial charge in [0.05, 0.1) is 0 Å². The zero-order chi connectivity index (χ0) is 15.9. The molecule has 0 amide bonds. The van der Waals surface area contributed by atoms with Crippen molar-refractivity contribution in [2.75, 3.05) is 0 Å². The lowest BCUT2D eigenvalue weighted by molar-refractivity contribution is -0.809. The average molecular weight is 304 g/mol. The molecule has 2 aliphatic rings. The van der Waals surface area contributed by atoms with Gasteiger partial charge in [-0.25, -0.2) is 0 Å². The normalized spacial score (nSPS) is 23.0. The third-order valence-electron chi connectivity index (χ3n) is 4.74. The van der Waals surface area contributed by atoms with E-state index in [0.717, 1.165) is 73.7 Å². The van der Waals surface area contributed by atoms with E-state index in [1.54, 1.807) is 0 Å². The van der Waals surface area contributed by atoms with Crippen LogP contribution < -0.4 is 0 Å². The monoisotopic (exact) mass is 304 g/mol. The summed E-state index contributed by atoms with van der Waals surface area (Å²) >= 11 is 0. The Hall–Kier alpha value is -2.08. The lowest BCUT2D eigenvalue weighted by Gasteiger charge is -2.16. The highest BCUT2D eigenvalue weighted by molar-refractivity contribution is 6.49. The van der Waals surface area contributed by atoms with E-state index in [-0.39, 0.29) is 23.5 Å². The molecule has 0 aliphatic heterocycles. The van der Waals surface area contributed by atoms with Crippen molar-refractivity contribution < 1.29 is 19.9 Å². The lowest BCUT2D eigenvalue weighted by atomic mass is 9.95. The lowest BCUT2D eigenvalue weighted by Crippen LogP contribution is -2.40. The van der Waals surface area contributed by atoms with Crippen molar-refractivity contribution in [3.63, 3.8) is 0 Å². The van der Waals surface area contributed by atoms with Crippen LogP contribution >= 0.6 is 0 Å². The topological polar surface area (TPSA) is 94.1 Å². The standard InChI is InChI=1S/C16H24N4O2/c17-11-15(19(21)13-7-3-1-4-8-13)16(12-18)20(22)14-9-5-2-6-10-14/h13-14,21-22H,1-10H2/q+2/b19-15-,20-16-. The molecule has 0 bridgehead atoms. The van der Waals surface area contributed by atoms with Crippen LogP contribution in [-0.2, 0) is 0 Å². The van der Waals surface area contributed by atoms with E-state index in [4.69, 9.17) is 0 Å². The Morgan fingerprint density at radius 3 is 1.27 bits per heavy atom. The molecule has 0 aromatic rings. The molecule has 6 heteroatoms. The number of hydrogen-bond donors (Lipinski definition) is 2. The molecule has 0 radical (unpaired) electrons. The van der Waals surface area contributed by atoms with E-state index < -0.39 is 0 Å². The molecule has 2 N–H and O–H groups in total. The van der Waals surface area contributed by atoms with Crippen LogP contribution in [0.2, 0.25) is 0 Å². The Kier molecular flexibility index (Phi) is 5.77. The summed E-state index contributed by atoms with van der Waals surface area (Å²) in [6.07, 6.45) is 9.50. The maximum absolute atomic E-state index is 10.3. The molecule has 0 unspecified atom stereocenters. The molecule has 2 aliphatic carbocycles. The molecule has 0 aromatic heterocycles. The number of nitrogens with zero attached hydrogens (tertiary/aromatic N) is 4. The Labute approximate surface area is 131 Å². The maximum atomic E-state index is 10.3. The second-order valence-electron chi connectivity index (χ2n) is 6.19. The molecule has 0 aromatic carbocycles. The average Bonchev–Trinajstić information content (AvgIpc) is 2.60. The first kappa shape index (κ1) is 16.3. The summed E-state index contributed by atoms with van der Waals surface area (Å²) < 4.78 is 1.81. The Balaban J connectivity index is 2.33. The predicted octanol–water partition coefficient (Wildman–Crippen LogP) is 2.38. The van der Waals surface area contributed by atoms with E-state index in [0.29, 0.717) is 0 Å². The zero-order valence-electron chi connectivity index (χ0n) is 12.9. The van der Waals surface area contributed by atoms with Gasteiger partial charge in [0, 0.05) is 35.2 Å². The van der Waals surface area contributed by atoms with Gasteiger partial charge in [0.1, 0.15) is 0 Å². The van der Waals surface area contributed by atoms with E-state index in [9.17, 15) is 20.9 Å². The molecule has 2 fully saturated rings. The van der Waals surface area contributed by atoms with Crippen LogP contribution in [0.3, 0.4) is 0 Å². The number of rotatable bonds is 3. The van der Waals surface area contributed by atoms with Gasteiger partial charge in [-0.15, -0.1) is 0 Å². The van der Waals surface area contributed by atoms with Gasteiger partial charge in [-0.3, -0.25) is 10.4 Å². The molecule has 0 spiro atoms. The van der Waals surface area contributed by atoms with Crippen molar-refractivity contribution in [1.82, 2.24) is 0 Å². The van der Waals surface area contributed by atoms with E-state index in [1.165, 1.54) is 0 Å². The summed E-state index contributed by atoms with van der Waals surface area (Å²) in [6.45, 7) is 0. The Morgan fingerprint density at radius 2 is 1.00 bits per heavy atom. The van der Waals surface area contributed by atoms with Gasteiger partial charge in [-0.1, -0.05) is 12.8 Å². The van der Waals surface area contributed by atoms with E-state index in [1.807, 2.05) is 12.1 Å². The van der Waals surface area contributed by atoms with Crippen molar-refractivity contribution >= 4 is 11.4 Å². The SMILES string of the molecule is N#CC(/C(C#N)=[N+](\O)C1CCCCC1)=[N+](/O)C1CCCCC1. The highest BCUT2D eigenvalue weighted by atomic mass is 16.5. The number of hydrogen-bond acceptors (Lipinski definition) is 4. The first-order chi connectivity index (χ1) is 10.7. The third kappa shape index (κ3) is 3.57. The molecule has 0 atom stereocenters. The summed E-state index contributed by atoms with van der Waals surface area (Å²) in [5.74, 6) is 0. The molecule has 6 nitrogen and oxygen atoms in total. The van der Waals surface area contributed by atoms with Crippen LogP contribution in [0.25, 0.3) is 0 Å². The first-order valence-electron chi connectivity index (χ1n) is 8.19. The minimum Gasteiger partial charge on any atom is -0.289 e. The van der Waals surface area contributed by atoms with Gasteiger partial charge in [0.25, 0.3) is 0 Å². The number of nitriles is 2. The van der Waals surface area contributed by atoms with Crippen molar-refractivity contribution in [3.8, 4) is 12.1 Å². The van der Waals surface area contributed by atoms with Gasteiger partial charge >= 0.3 is 11.4 Å². The molecular formula is C16H24N4O2+2. The molecule has 0 heterocycles. The van der Waals surface area contributed by atoms with Crippen molar-refractivity contribution in [3.05, 3.63) is 0 Å². The molecule has 22 heavy (non-hydrogen) atoms. The van der Waals surface area contributed by atoms with Crippen molar-refractivity contribution in [1.29, 1.82) is 10.5 Å². The third-order valence-corrected chi connectivity index (χ3v) is 4.74. The predicted molar refractivity (Wildman–Crippen MR) is 79.1 cm³/mol. The smallest absolute Gasteiger partial charge is 0.289 e. The van der Waals surface area contributed by atoms with Crippen molar-refractivity contribution in [2.45, 2.75) is 76.3 Å².